The number of carbonyl (C=O) groups excluding carboxylic acids is 2. The number of carbonyl (C=O) groups is 2. The average molecular weight is 485 g/mol. The first-order chi connectivity index (χ1) is 17.3. The van der Waals surface area contributed by atoms with Gasteiger partial charge in [-0.25, -0.2) is 0 Å². The summed E-state index contributed by atoms with van der Waals surface area (Å²) in [7, 11) is 1.42. The quantitative estimate of drug-likeness (QED) is 0.184. The number of primary amides is 1. The molecule has 0 unspecified atom stereocenters. The number of para-hydroxylation sites is 2. The molecule has 0 fully saturated rings. The molecule has 36 heavy (non-hydrogen) atoms. The monoisotopic (exact) mass is 485 g/mol. The fourth-order valence-electron chi connectivity index (χ4n) is 3.55. The van der Waals surface area contributed by atoms with Crippen LogP contribution in [0.25, 0.3) is 10.8 Å². The molecule has 0 saturated heterocycles. The van der Waals surface area contributed by atoms with Crippen molar-refractivity contribution >= 4 is 45.3 Å². The molecule has 2 amide bonds. The van der Waals surface area contributed by atoms with Crippen LogP contribution in [0.4, 0.5) is 22.7 Å². The second-order valence-corrected chi connectivity index (χ2v) is 7.52. The number of nitro groups is 1. The molecule has 0 heterocycles. The van der Waals surface area contributed by atoms with Crippen LogP contribution in [0.15, 0.2) is 83.0 Å². The molecule has 0 spiro atoms. The van der Waals surface area contributed by atoms with Gasteiger partial charge in [-0.1, -0.05) is 36.4 Å². The lowest BCUT2D eigenvalue weighted by molar-refractivity contribution is -0.383. The van der Waals surface area contributed by atoms with Crippen LogP contribution < -0.4 is 15.8 Å². The molecule has 0 radical (unpaired) electrons. The summed E-state index contributed by atoms with van der Waals surface area (Å²) in [6.45, 7) is 0. The second-order valence-electron chi connectivity index (χ2n) is 7.52. The van der Waals surface area contributed by atoms with E-state index in [2.05, 4.69) is 15.5 Å². The first kappa shape index (κ1) is 23.8. The third-order valence-electron chi connectivity index (χ3n) is 5.31. The molecule has 11 nitrogen and oxygen atoms in total. The van der Waals surface area contributed by atoms with Gasteiger partial charge in [-0.05, 0) is 35.7 Å². The second kappa shape index (κ2) is 9.89. The molecule has 11 heteroatoms. The lowest BCUT2D eigenvalue weighted by Gasteiger charge is -2.11. The van der Waals surface area contributed by atoms with E-state index in [1.54, 1.807) is 24.3 Å². The molecule has 0 atom stereocenters. The van der Waals surface area contributed by atoms with Gasteiger partial charge in [0.2, 0.25) is 5.91 Å². The van der Waals surface area contributed by atoms with Crippen LogP contribution in [-0.2, 0) is 0 Å². The Hall–Kier alpha value is -5.32. The standard InChI is InChI=1S/C25H19N5O6/c1-36-21-11-10-15(24(26)32)13-19(21)28-29-22-16-7-3-2-6-14(16)12-17(23(22)31)25(33)27-18-8-4-5-9-20(18)30(34)35/h2-13,31H,1H3,(H2,26,32)(H,27,33). The van der Waals surface area contributed by atoms with E-state index in [-0.39, 0.29) is 33.9 Å². The smallest absolute Gasteiger partial charge is 0.292 e. The number of azo groups is 1. The van der Waals surface area contributed by atoms with Crippen molar-refractivity contribution in [3.8, 4) is 11.5 Å². The summed E-state index contributed by atoms with van der Waals surface area (Å²) in [5.74, 6) is -1.63. The lowest BCUT2D eigenvalue weighted by atomic mass is 10.0. The molecule has 0 saturated carbocycles. The summed E-state index contributed by atoms with van der Waals surface area (Å²) < 4.78 is 5.26. The third-order valence-corrected chi connectivity index (χ3v) is 5.31. The highest BCUT2D eigenvalue weighted by atomic mass is 16.6. The van der Waals surface area contributed by atoms with Crippen molar-refractivity contribution in [2.75, 3.05) is 12.4 Å². The molecule has 4 aromatic carbocycles. The molecular weight excluding hydrogens is 466 g/mol. The zero-order chi connectivity index (χ0) is 25.8. The molecule has 0 aliphatic carbocycles. The van der Waals surface area contributed by atoms with E-state index >= 15 is 0 Å². The number of ether oxygens (including phenoxy) is 1. The number of hydrogen-bond donors (Lipinski definition) is 3. The van der Waals surface area contributed by atoms with Crippen molar-refractivity contribution in [3.05, 3.63) is 94.0 Å². The Labute approximate surface area is 204 Å². The van der Waals surface area contributed by atoms with E-state index in [0.717, 1.165) is 0 Å². The van der Waals surface area contributed by atoms with Crippen molar-refractivity contribution in [1.29, 1.82) is 0 Å². The van der Waals surface area contributed by atoms with E-state index in [9.17, 15) is 24.8 Å². The van der Waals surface area contributed by atoms with Crippen LogP contribution in [0.1, 0.15) is 20.7 Å². The first-order valence-electron chi connectivity index (χ1n) is 10.5. The van der Waals surface area contributed by atoms with Crippen molar-refractivity contribution in [2.24, 2.45) is 16.0 Å². The van der Waals surface area contributed by atoms with Crippen LogP contribution in [0.2, 0.25) is 0 Å². The highest BCUT2D eigenvalue weighted by Crippen LogP contribution is 2.41. The zero-order valence-electron chi connectivity index (χ0n) is 18.8. The van der Waals surface area contributed by atoms with Crippen LogP contribution >= 0.6 is 0 Å². The minimum Gasteiger partial charge on any atom is -0.505 e. The number of hydrogen-bond acceptors (Lipinski definition) is 8. The summed E-state index contributed by atoms with van der Waals surface area (Å²) in [6.07, 6.45) is 0. The highest BCUT2D eigenvalue weighted by Gasteiger charge is 2.21. The summed E-state index contributed by atoms with van der Waals surface area (Å²) in [5, 5.41) is 34.1. The summed E-state index contributed by atoms with van der Waals surface area (Å²) in [6, 6.07) is 18.3. The van der Waals surface area contributed by atoms with Crippen molar-refractivity contribution in [1.82, 2.24) is 0 Å². The largest absolute Gasteiger partial charge is 0.505 e. The van der Waals surface area contributed by atoms with Gasteiger partial charge in [-0.15, -0.1) is 10.2 Å². The Balaban J connectivity index is 1.81. The van der Waals surface area contributed by atoms with Crippen molar-refractivity contribution in [3.63, 3.8) is 0 Å². The third kappa shape index (κ3) is 4.66. The SMILES string of the molecule is COc1ccc(C(N)=O)cc1N=Nc1c(O)c(C(=O)Nc2ccccc2[N+](=O)[O-])cc2ccccc12. The lowest BCUT2D eigenvalue weighted by Crippen LogP contribution is -2.13. The number of methoxy groups -OCH3 is 1. The van der Waals surface area contributed by atoms with Gasteiger partial charge in [0.15, 0.2) is 5.75 Å². The first-order valence-corrected chi connectivity index (χ1v) is 10.5. The number of rotatable bonds is 7. The van der Waals surface area contributed by atoms with E-state index in [4.69, 9.17) is 10.5 Å². The minimum absolute atomic E-state index is 0.0210. The Kier molecular flexibility index (Phi) is 6.55. The predicted molar refractivity (Wildman–Crippen MR) is 132 cm³/mol. The molecule has 180 valence electrons. The van der Waals surface area contributed by atoms with Gasteiger partial charge in [-0.3, -0.25) is 19.7 Å². The van der Waals surface area contributed by atoms with Crippen LogP contribution in [0.5, 0.6) is 11.5 Å². The van der Waals surface area contributed by atoms with E-state index in [0.29, 0.717) is 16.5 Å². The maximum absolute atomic E-state index is 13.1. The van der Waals surface area contributed by atoms with E-state index in [1.807, 2.05) is 0 Å². The van der Waals surface area contributed by atoms with Gasteiger partial charge in [0.1, 0.15) is 22.8 Å². The van der Waals surface area contributed by atoms with Gasteiger partial charge < -0.3 is 20.9 Å². The van der Waals surface area contributed by atoms with E-state index in [1.165, 1.54) is 55.6 Å². The van der Waals surface area contributed by atoms with Crippen LogP contribution in [0, 0.1) is 10.1 Å². The number of anilines is 1. The average Bonchev–Trinajstić information content (AvgIpc) is 2.87. The number of amides is 2. The number of aromatic hydroxyl groups is 1. The van der Waals surface area contributed by atoms with Gasteiger partial charge in [0.05, 0.1) is 17.6 Å². The number of nitrogens with one attached hydrogen (secondary N) is 1. The molecule has 0 aromatic heterocycles. The zero-order valence-corrected chi connectivity index (χ0v) is 18.8. The maximum atomic E-state index is 13.1. The molecular formula is C25H19N5O6. The number of phenolic OH excluding ortho intramolecular Hbond substituents is 1. The summed E-state index contributed by atoms with van der Waals surface area (Å²) >= 11 is 0. The number of fused-ring (bicyclic) bond motifs is 1. The van der Waals surface area contributed by atoms with Crippen LogP contribution in [-0.4, -0.2) is 29.0 Å². The molecule has 0 aliphatic heterocycles. The van der Waals surface area contributed by atoms with Gasteiger partial charge >= 0.3 is 0 Å². The molecule has 0 bridgehead atoms. The normalized spacial score (nSPS) is 10.9. The number of nitrogens with zero attached hydrogens (tertiary/aromatic N) is 3. The number of phenols is 1. The number of benzene rings is 4. The highest BCUT2D eigenvalue weighted by molar-refractivity contribution is 6.12. The molecule has 4 N–H and O–H groups in total. The van der Waals surface area contributed by atoms with E-state index < -0.39 is 22.5 Å². The Morgan fingerprint density at radius 2 is 1.75 bits per heavy atom. The Morgan fingerprint density at radius 1 is 1.03 bits per heavy atom. The predicted octanol–water partition coefficient (Wildman–Crippen LogP) is 5.23. The molecule has 0 aliphatic rings. The molecule has 4 rings (SSSR count). The van der Waals surface area contributed by atoms with Crippen LogP contribution in [0.3, 0.4) is 0 Å². The maximum Gasteiger partial charge on any atom is 0.292 e. The number of nitrogens with two attached hydrogens (primary N) is 1. The topological polar surface area (TPSA) is 170 Å². The summed E-state index contributed by atoms with van der Waals surface area (Å²) in [5.41, 5.74) is 5.18. The fourth-order valence-corrected chi connectivity index (χ4v) is 3.55. The Bertz CT molecular complexity index is 1550. The van der Waals surface area contributed by atoms with Gasteiger partial charge in [0, 0.05) is 17.0 Å². The van der Waals surface area contributed by atoms with Crippen molar-refractivity contribution in [2.45, 2.75) is 0 Å². The molecule has 4 aromatic rings. The fraction of sp³-hybridized carbons (Fsp3) is 0.0400. The van der Waals surface area contributed by atoms with Gasteiger partial charge in [-0.2, -0.15) is 0 Å². The Morgan fingerprint density at radius 3 is 2.47 bits per heavy atom. The summed E-state index contributed by atoms with van der Waals surface area (Å²) in [4.78, 5) is 35.3. The van der Waals surface area contributed by atoms with Gasteiger partial charge in [0.25, 0.3) is 11.6 Å². The van der Waals surface area contributed by atoms with Crippen molar-refractivity contribution < 1.29 is 24.4 Å². The number of nitro benzene ring substituents is 1. The minimum atomic E-state index is -0.780.